The van der Waals surface area contributed by atoms with Crippen molar-refractivity contribution >= 4 is 9.84 Å². The summed E-state index contributed by atoms with van der Waals surface area (Å²) in [5, 5.41) is 3.57. The quantitative estimate of drug-likeness (QED) is 0.908. The van der Waals surface area contributed by atoms with Crippen molar-refractivity contribution in [3.63, 3.8) is 0 Å². The Labute approximate surface area is 122 Å². The normalized spacial score (nSPS) is 22.9. The van der Waals surface area contributed by atoms with Crippen LogP contribution in [0.3, 0.4) is 0 Å². The number of aryl methyl sites for hydroxylation is 2. The molecule has 2 unspecified atom stereocenters. The summed E-state index contributed by atoms with van der Waals surface area (Å²) in [6.45, 7) is 7.26. The molecule has 1 fully saturated rings. The third-order valence-electron chi connectivity index (χ3n) is 4.12. The Hall–Kier alpha value is -0.870. The number of rotatable bonds is 5. The van der Waals surface area contributed by atoms with Crippen LogP contribution in [0.4, 0.5) is 0 Å². The summed E-state index contributed by atoms with van der Waals surface area (Å²) in [4.78, 5) is 0. The van der Waals surface area contributed by atoms with Crippen LogP contribution >= 0.6 is 0 Å². The van der Waals surface area contributed by atoms with Gasteiger partial charge in [0.1, 0.15) is 0 Å². The summed E-state index contributed by atoms with van der Waals surface area (Å²) in [5.41, 5.74) is 3.74. The molecule has 1 saturated heterocycles. The standard InChI is InChI=1S/C16H25NO2S/c1-4-8-17-16(14-7-9-20(18,19)11-14)15-10-12(2)5-6-13(15)3/h5-6,10,14,16-17H,4,7-9,11H2,1-3H3. The number of hydrogen-bond donors (Lipinski definition) is 1. The van der Waals surface area contributed by atoms with Crippen LogP contribution in [0, 0.1) is 19.8 Å². The third kappa shape index (κ3) is 3.61. The molecule has 2 atom stereocenters. The Morgan fingerprint density at radius 2 is 2.10 bits per heavy atom. The zero-order valence-electron chi connectivity index (χ0n) is 12.6. The van der Waals surface area contributed by atoms with E-state index in [1.54, 1.807) is 0 Å². The second kappa shape index (κ2) is 6.27. The first-order chi connectivity index (χ1) is 9.43. The molecule has 4 heteroatoms. The maximum Gasteiger partial charge on any atom is 0.150 e. The SMILES string of the molecule is CCCNC(c1cc(C)ccc1C)C1CCS(=O)(=O)C1. The van der Waals surface area contributed by atoms with Gasteiger partial charge in [0.15, 0.2) is 9.84 Å². The Kier molecular flexibility index (Phi) is 4.86. The molecule has 1 aromatic rings. The highest BCUT2D eigenvalue weighted by molar-refractivity contribution is 7.91. The predicted molar refractivity (Wildman–Crippen MR) is 83.7 cm³/mol. The molecule has 1 aliphatic rings. The Morgan fingerprint density at radius 1 is 1.35 bits per heavy atom. The summed E-state index contributed by atoms with van der Waals surface area (Å²) < 4.78 is 23.5. The first-order valence-corrected chi connectivity index (χ1v) is 9.26. The van der Waals surface area contributed by atoms with E-state index in [-0.39, 0.29) is 12.0 Å². The molecule has 2 rings (SSSR count). The predicted octanol–water partition coefficient (Wildman–Crippen LogP) is 2.78. The summed E-state index contributed by atoms with van der Waals surface area (Å²) >= 11 is 0. The molecule has 0 spiro atoms. The van der Waals surface area contributed by atoms with Crippen molar-refractivity contribution in [3.05, 3.63) is 34.9 Å². The van der Waals surface area contributed by atoms with Gasteiger partial charge in [0.05, 0.1) is 11.5 Å². The minimum Gasteiger partial charge on any atom is -0.310 e. The van der Waals surface area contributed by atoms with E-state index < -0.39 is 9.84 Å². The van der Waals surface area contributed by atoms with Crippen molar-refractivity contribution < 1.29 is 8.42 Å². The van der Waals surface area contributed by atoms with Crippen LogP contribution in [0.15, 0.2) is 18.2 Å². The van der Waals surface area contributed by atoms with Crippen LogP contribution in [0.5, 0.6) is 0 Å². The second-order valence-corrected chi connectivity index (χ2v) is 8.18. The average Bonchev–Trinajstić information content (AvgIpc) is 2.74. The van der Waals surface area contributed by atoms with Crippen molar-refractivity contribution in [1.82, 2.24) is 5.32 Å². The summed E-state index contributed by atoms with van der Waals surface area (Å²) in [6.07, 6.45) is 1.83. The van der Waals surface area contributed by atoms with Crippen LogP contribution in [-0.2, 0) is 9.84 Å². The summed E-state index contributed by atoms with van der Waals surface area (Å²) in [7, 11) is -2.84. The Balaban J connectivity index is 2.30. The monoisotopic (exact) mass is 295 g/mol. The first-order valence-electron chi connectivity index (χ1n) is 7.44. The molecule has 1 aliphatic heterocycles. The molecule has 1 N–H and O–H groups in total. The summed E-state index contributed by atoms with van der Waals surface area (Å²) in [5.74, 6) is 0.862. The largest absolute Gasteiger partial charge is 0.310 e. The van der Waals surface area contributed by atoms with Gasteiger partial charge >= 0.3 is 0 Å². The van der Waals surface area contributed by atoms with Gasteiger partial charge in [-0.2, -0.15) is 0 Å². The highest BCUT2D eigenvalue weighted by Gasteiger charge is 2.34. The van der Waals surface area contributed by atoms with Gasteiger partial charge in [-0.3, -0.25) is 0 Å². The molecule has 0 amide bonds. The lowest BCUT2D eigenvalue weighted by Gasteiger charge is -2.26. The van der Waals surface area contributed by atoms with E-state index >= 15 is 0 Å². The maximum atomic E-state index is 11.8. The Morgan fingerprint density at radius 3 is 2.70 bits per heavy atom. The fraction of sp³-hybridized carbons (Fsp3) is 0.625. The lowest BCUT2D eigenvalue weighted by molar-refractivity contribution is 0.391. The van der Waals surface area contributed by atoms with Gasteiger partial charge in [0.2, 0.25) is 0 Å². The van der Waals surface area contributed by atoms with E-state index in [0.29, 0.717) is 11.5 Å². The van der Waals surface area contributed by atoms with Gasteiger partial charge in [0, 0.05) is 6.04 Å². The van der Waals surface area contributed by atoms with Crippen molar-refractivity contribution in [2.45, 2.75) is 39.7 Å². The van der Waals surface area contributed by atoms with Crippen LogP contribution in [0.1, 0.15) is 42.5 Å². The molecular formula is C16H25NO2S. The van der Waals surface area contributed by atoms with Gasteiger partial charge in [-0.1, -0.05) is 30.7 Å². The minimum absolute atomic E-state index is 0.159. The van der Waals surface area contributed by atoms with Gasteiger partial charge in [-0.25, -0.2) is 8.42 Å². The first kappa shape index (κ1) is 15.5. The number of sulfone groups is 1. The zero-order chi connectivity index (χ0) is 14.8. The molecule has 1 aromatic carbocycles. The molecule has 0 radical (unpaired) electrons. The molecule has 0 bridgehead atoms. The molecule has 0 aromatic heterocycles. The van der Waals surface area contributed by atoms with Crippen molar-refractivity contribution in [2.75, 3.05) is 18.1 Å². The number of hydrogen-bond acceptors (Lipinski definition) is 3. The molecular weight excluding hydrogens is 270 g/mol. The van der Waals surface area contributed by atoms with Crippen molar-refractivity contribution in [1.29, 1.82) is 0 Å². The maximum absolute atomic E-state index is 11.8. The van der Waals surface area contributed by atoms with Crippen LogP contribution in [0.2, 0.25) is 0 Å². The van der Waals surface area contributed by atoms with E-state index in [4.69, 9.17) is 0 Å². The smallest absolute Gasteiger partial charge is 0.150 e. The fourth-order valence-corrected chi connectivity index (χ4v) is 4.85. The number of nitrogens with one attached hydrogen (secondary N) is 1. The van der Waals surface area contributed by atoms with E-state index in [9.17, 15) is 8.42 Å². The van der Waals surface area contributed by atoms with E-state index in [1.807, 2.05) is 0 Å². The van der Waals surface area contributed by atoms with Gasteiger partial charge in [0.25, 0.3) is 0 Å². The van der Waals surface area contributed by atoms with Crippen LogP contribution in [-0.4, -0.2) is 26.5 Å². The topological polar surface area (TPSA) is 46.2 Å². The van der Waals surface area contributed by atoms with Gasteiger partial charge in [-0.15, -0.1) is 0 Å². The van der Waals surface area contributed by atoms with E-state index in [0.717, 1.165) is 19.4 Å². The van der Waals surface area contributed by atoms with E-state index in [2.05, 4.69) is 44.3 Å². The van der Waals surface area contributed by atoms with Crippen LogP contribution < -0.4 is 5.32 Å². The van der Waals surface area contributed by atoms with Gasteiger partial charge < -0.3 is 5.32 Å². The lowest BCUT2D eigenvalue weighted by atomic mass is 9.89. The zero-order valence-corrected chi connectivity index (χ0v) is 13.5. The minimum atomic E-state index is -2.84. The van der Waals surface area contributed by atoms with Crippen molar-refractivity contribution in [2.24, 2.45) is 5.92 Å². The highest BCUT2D eigenvalue weighted by atomic mass is 32.2. The molecule has 0 saturated carbocycles. The van der Waals surface area contributed by atoms with E-state index in [1.165, 1.54) is 16.7 Å². The summed E-state index contributed by atoms with van der Waals surface area (Å²) in [6, 6.07) is 6.61. The molecule has 1 heterocycles. The average molecular weight is 295 g/mol. The van der Waals surface area contributed by atoms with Crippen LogP contribution in [0.25, 0.3) is 0 Å². The molecule has 20 heavy (non-hydrogen) atoms. The lowest BCUT2D eigenvalue weighted by Crippen LogP contribution is -2.30. The molecule has 112 valence electrons. The van der Waals surface area contributed by atoms with Gasteiger partial charge in [-0.05, 0) is 50.3 Å². The molecule has 3 nitrogen and oxygen atoms in total. The Bertz CT molecular complexity index is 566. The highest BCUT2D eigenvalue weighted by Crippen LogP contribution is 2.33. The fourth-order valence-electron chi connectivity index (χ4n) is 3.01. The number of benzene rings is 1. The second-order valence-electron chi connectivity index (χ2n) is 5.95. The molecule has 0 aliphatic carbocycles. The van der Waals surface area contributed by atoms with Crippen molar-refractivity contribution in [3.8, 4) is 0 Å². The third-order valence-corrected chi connectivity index (χ3v) is 5.92.